The molecule has 1 amide bonds. The summed E-state index contributed by atoms with van der Waals surface area (Å²) in [6.45, 7) is 8.57. The van der Waals surface area contributed by atoms with Crippen molar-refractivity contribution < 1.29 is 22.7 Å². The fourth-order valence-corrected chi connectivity index (χ4v) is 2.77. The largest absolute Gasteiger partial charge is 0.572 e. The Kier molecular flexibility index (Phi) is 12.3. The van der Waals surface area contributed by atoms with Crippen molar-refractivity contribution in [3.05, 3.63) is 59.4 Å². The Morgan fingerprint density at radius 1 is 1.23 bits per heavy atom. The van der Waals surface area contributed by atoms with Crippen LogP contribution < -0.4 is 27.7 Å². The molecule has 0 aliphatic heterocycles. The molecule has 0 fully saturated rings. The minimum atomic E-state index is -4.70. The maximum atomic E-state index is 12.2. The third kappa shape index (κ3) is 13.0. The zero-order valence-electron chi connectivity index (χ0n) is 20.2. The van der Waals surface area contributed by atoms with Crippen LogP contribution in [0.1, 0.15) is 43.6 Å². The van der Waals surface area contributed by atoms with Crippen LogP contribution in [0.25, 0.3) is 0 Å². The highest BCUT2D eigenvalue weighted by molar-refractivity contribution is 6.05. The van der Waals surface area contributed by atoms with Crippen molar-refractivity contribution in [2.24, 2.45) is 21.9 Å². The first-order chi connectivity index (χ1) is 16.4. The van der Waals surface area contributed by atoms with Crippen molar-refractivity contribution >= 4 is 17.6 Å². The molecule has 0 radical (unpaired) electrons. The quantitative estimate of drug-likeness (QED) is 0.0787. The number of nitrogens with one attached hydrogen (secondary N) is 3. The molecule has 1 aromatic rings. The number of amides is 1. The number of hydrazine groups is 1. The summed E-state index contributed by atoms with van der Waals surface area (Å²) in [5.74, 6) is 9.58. The SMILES string of the molecule is CC(C)=NN(CCNC(C)/C=C\C=C(/C)OC(F)(F)F)Cc1ccc(C(=O)N/C(=N/N)NN)cc1. The highest BCUT2D eigenvalue weighted by Gasteiger charge is 2.30. The number of nitrogens with zero attached hydrogens (tertiary/aromatic N) is 3. The monoisotopic (exact) mass is 498 g/mol. The van der Waals surface area contributed by atoms with Crippen LogP contribution in [0.2, 0.25) is 0 Å². The minimum Gasteiger partial charge on any atom is -0.411 e. The molecule has 35 heavy (non-hydrogen) atoms. The van der Waals surface area contributed by atoms with Crippen LogP contribution in [0, 0.1) is 0 Å². The lowest BCUT2D eigenvalue weighted by molar-refractivity contribution is -0.305. The summed E-state index contributed by atoms with van der Waals surface area (Å²) in [6, 6.07) is 6.88. The number of ether oxygens (including phenoxy) is 1. The lowest BCUT2D eigenvalue weighted by Gasteiger charge is -2.21. The van der Waals surface area contributed by atoms with Gasteiger partial charge in [-0.1, -0.05) is 24.3 Å². The molecule has 0 saturated heterocycles. The van der Waals surface area contributed by atoms with Crippen LogP contribution in [0.15, 0.2) is 58.5 Å². The maximum absolute atomic E-state index is 12.2. The van der Waals surface area contributed by atoms with Crippen LogP contribution in [-0.4, -0.2) is 48.1 Å². The van der Waals surface area contributed by atoms with Crippen molar-refractivity contribution in [2.75, 3.05) is 13.1 Å². The molecule has 0 heterocycles. The van der Waals surface area contributed by atoms with Gasteiger partial charge >= 0.3 is 6.36 Å². The van der Waals surface area contributed by atoms with Crippen LogP contribution >= 0.6 is 0 Å². The van der Waals surface area contributed by atoms with Gasteiger partial charge in [0.25, 0.3) is 5.91 Å². The molecule has 10 nitrogen and oxygen atoms in total. The van der Waals surface area contributed by atoms with E-state index in [4.69, 9.17) is 11.7 Å². The molecular weight excluding hydrogens is 465 g/mol. The van der Waals surface area contributed by atoms with Crippen molar-refractivity contribution in [1.82, 2.24) is 21.1 Å². The van der Waals surface area contributed by atoms with Gasteiger partial charge in [0.05, 0.1) is 6.54 Å². The molecule has 0 spiro atoms. The third-order valence-corrected chi connectivity index (χ3v) is 4.26. The van der Waals surface area contributed by atoms with Crippen molar-refractivity contribution in [1.29, 1.82) is 0 Å². The van der Waals surface area contributed by atoms with Crippen LogP contribution in [-0.2, 0) is 11.3 Å². The van der Waals surface area contributed by atoms with Gasteiger partial charge in [-0.05, 0) is 51.5 Å². The number of rotatable bonds is 11. The van der Waals surface area contributed by atoms with E-state index >= 15 is 0 Å². The van der Waals surface area contributed by atoms with Gasteiger partial charge in [-0.3, -0.25) is 20.5 Å². The molecule has 0 aromatic heterocycles. The summed E-state index contributed by atoms with van der Waals surface area (Å²) >= 11 is 0. The molecule has 0 saturated carbocycles. The van der Waals surface area contributed by atoms with Crippen LogP contribution in [0.3, 0.4) is 0 Å². The predicted octanol–water partition coefficient (Wildman–Crippen LogP) is 2.28. The highest BCUT2D eigenvalue weighted by Crippen LogP contribution is 2.20. The lowest BCUT2D eigenvalue weighted by atomic mass is 10.1. The Morgan fingerprint density at radius 3 is 2.43 bits per heavy atom. The first-order valence-corrected chi connectivity index (χ1v) is 10.7. The average molecular weight is 499 g/mol. The number of alkyl halides is 3. The normalized spacial score (nSPS) is 13.4. The van der Waals surface area contributed by atoms with Crippen molar-refractivity contribution in [2.45, 2.75) is 46.6 Å². The van der Waals surface area contributed by atoms with Gasteiger partial charge in [0, 0.05) is 30.4 Å². The van der Waals surface area contributed by atoms with Gasteiger partial charge in [0.15, 0.2) is 0 Å². The molecule has 1 unspecified atom stereocenters. The molecule has 1 aromatic carbocycles. The molecular formula is C22H33F3N8O2. The van der Waals surface area contributed by atoms with Crippen LogP contribution in [0.5, 0.6) is 0 Å². The summed E-state index contributed by atoms with van der Waals surface area (Å²) in [5.41, 5.74) is 4.39. The molecule has 1 rings (SSSR count). The summed E-state index contributed by atoms with van der Waals surface area (Å²) in [7, 11) is 0. The molecule has 0 aliphatic rings. The van der Waals surface area contributed by atoms with Gasteiger partial charge in [-0.15, -0.1) is 18.3 Å². The second-order valence-electron chi connectivity index (χ2n) is 7.66. The number of nitrogens with two attached hydrogens (primary N) is 2. The number of benzene rings is 1. The summed E-state index contributed by atoms with van der Waals surface area (Å²) in [5, 5.41) is 15.4. The summed E-state index contributed by atoms with van der Waals surface area (Å²) in [6.07, 6.45) is -0.207. The van der Waals surface area contributed by atoms with E-state index in [-0.39, 0.29) is 17.8 Å². The summed E-state index contributed by atoms with van der Waals surface area (Å²) < 4.78 is 40.3. The molecule has 0 aliphatic carbocycles. The summed E-state index contributed by atoms with van der Waals surface area (Å²) in [4.78, 5) is 12.2. The minimum absolute atomic E-state index is 0.0598. The lowest BCUT2D eigenvalue weighted by Crippen LogP contribution is -2.45. The van der Waals surface area contributed by atoms with E-state index in [1.807, 2.05) is 37.9 Å². The molecule has 7 N–H and O–H groups in total. The van der Waals surface area contributed by atoms with Crippen molar-refractivity contribution in [3.63, 3.8) is 0 Å². The predicted molar refractivity (Wildman–Crippen MR) is 130 cm³/mol. The Hall–Kier alpha value is -3.58. The third-order valence-electron chi connectivity index (χ3n) is 4.26. The Labute approximate surface area is 202 Å². The van der Waals surface area contributed by atoms with E-state index < -0.39 is 12.3 Å². The maximum Gasteiger partial charge on any atom is 0.572 e. The Balaban J connectivity index is 2.64. The Bertz CT molecular complexity index is 924. The first kappa shape index (κ1) is 29.5. The number of guanidine groups is 1. The fraction of sp³-hybridized carbons (Fsp3) is 0.409. The van der Waals surface area contributed by atoms with Gasteiger partial charge in [-0.25, -0.2) is 5.84 Å². The van der Waals surface area contributed by atoms with E-state index in [1.54, 1.807) is 18.2 Å². The molecule has 194 valence electrons. The number of hydrazone groups is 2. The molecule has 1 atom stereocenters. The number of allylic oxidation sites excluding steroid dienone is 3. The van der Waals surface area contributed by atoms with E-state index in [0.717, 1.165) is 11.3 Å². The Morgan fingerprint density at radius 2 is 1.89 bits per heavy atom. The molecule has 13 heteroatoms. The number of carbonyl (C=O) groups excluding carboxylic acids is 1. The second-order valence-corrected chi connectivity index (χ2v) is 7.66. The number of carbonyl (C=O) groups is 1. The number of hydrogen-bond donors (Lipinski definition) is 5. The standard InChI is InChI=1S/C22H33F3N8O2/c1-15(2)32-33(13-12-28-16(3)6-5-7-17(4)35-22(23,24)25)14-18-8-10-19(11-9-18)20(34)29-21(30-26)31-27/h5-11,16,28H,12-14,26-27H2,1-4H3,(H2,29,30,31,34)/b6-5-,17-7+. The number of hydrogen-bond acceptors (Lipinski definition) is 8. The molecule has 0 bridgehead atoms. The zero-order chi connectivity index (χ0) is 26.4. The smallest absolute Gasteiger partial charge is 0.411 e. The van der Waals surface area contributed by atoms with E-state index in [1.165, 1.54) is 19.1 Å². The second kappa shape index (κ2) is 14.6. The van der Waals surface area contributed by atoms with Gasteiger partial charge in [-0.2, -0.15) is 5.10 Å². The average Bonchev–Trinajstić information content (AvgIpc) is 2.76. The van der Waals surface area contributed by atoms with E-state index in [9.17, 15) is 18.0 Å². The van der Waals surface area contributed by atoms with Gasteiger partial charge in [0.1, 0.15) is 5.76 Å². The van der Waals surface area contributed by atoms with E-state index in [0.29, 0.717) is 25.2 Å². The zero-order valence-corrected chi connectivity index (χ0v) is 20.2. The van der Waals surface area contributed by atoms with Gasteiger partial charge in [0.2, 0.25) is 5.96 Å². The van der Waals surface area contributed by atoms with Crippen molar-refractivity contribution in [3.8, 4) is 0 Å². The fourth-order valence-electron chi connectivity index (χ4n) is 2.77. The van der Waals surface area contributed by atoms with Crippen LogP contribution in [0.4, 0.5) is 13.2 Å². The van der Waals surface area contributed by atoms with Gasteiger partial charge < -0.3 is 15.9 Å². The number of halogens is 3. The van der Waals surface area contributed by atoms with E-state index in [2.05, 4.69) is 31.0 Å². The highest BCUT2D eigenvalue weighted by atomic mass is 19.4. The first-order valence-electron chi connectivity index (χ1n) is 10.7. The topological polar surface area (TPSA) is 142 Å².